The van der Waals surface area contributed by atoms with Gasteiger partial charge in [-0.2, -0.15) is 0 Å². The highest BCUT2D eigenvalue weighted by molar-refractivity contribution is 6.74. The average molecular weight is 469 g/mol. The van der Waals surface area contributed by atoms with Gasteiger partial charge in [0.25, 0.3) is 0 Å². The zero-order valence-electron chi connectivity index (χ0n) is 21.9. The highest BCUT2D eigenvalue weighted by Gasteiger charge is 2.65. The van der Waals surface area contributed by atoms with E-state index in [-0.39, 0.29) is 33.5 Å². The van der Waals surface area contributed by atoms with Crippen molar-refractivity contribution in [1.29, 1.82) is 0 Å². The summed E-state index contributed by atoms with van der Waals surface area (Å²) in [4.78, 5) is 0. The summed E-state index contributed by atoms with van der Waals surface area (Å²) in [6.07, 6.45) is 10.6. The van der Waals surface area contributed by atoms with Gasteiger partial charge in [0.2, 0.25) is 6.29 Å². The van der Waals surface area contributed by atoms with Gasteiger partial charge in [-0.3, -0.25) is 0 Å². The smallest absolute Gasteiger partial charge is 0.200 e. The van der Waals surface area contributed by atoms with E-state index in [1.807, 2.05) is 6.26 Å². The first kappa shape index (κ1) is 25.5. The van der Waals surface area contributed by atoms with Crippen molar-refractivity contribution in [2.24, 2.45) is 5.41 Å². The summed E-state index contributed by atoms with van der Waals surface area (Å²) < 4.78 is 26.1. The Hall–Kier alpha value is -0.146. The van der Waals surface area contributed by atoms with Crippen LogP contribution < -0.4 is 0 Å². The second-order valence-electron chi connectivity index (χ2n) is 13.2. The fourth-order valence-electron chi connectivity index (χ4n) is 5.11. The normalized spacial score (nSPS) is 33.9. The molecule has 2 fully saturated rings. The molecule has 1 saturated carbocycles. The molecule has 0 aromatic carbocycles. The van der Waals surface area contributed by atoms with Crippen LogP contribution in [-0.4, -0.2) is 41.2 Å². The zero-order valence-corrected chi connectivity index (χ0v) is 23.9. The average Bonchev–Trinajstić information content (AvgIpc) is 2.83. The summed E-state index contributed by atoms with van der Waals surface area (Å²) in [6, 6.07) is 0. The molecule has 3 aliphatic rings. The van der Waals surface area contributed by atoms with E-state index in [4.69, 9.17) is 18.3 Å². The Labute approximate surface area is 193 Å². The van der Waals surface area contributed by atoms with Crippen molar-refractivity contribution in [3.05, 3.63) is 12.3 Å². The molecule has 1 spiro atoms. The molecule has 0 amide bonds. The van der Waals surface area contributed by atoms with Gasteiger partial charge in [-0.1, -0.05) is 41.5 Å². The molecule has 180 valence electrons. The van der Waals surface area contributed by atoms with Crippen molar-refractivity contribution in [3.8, 4) is 0 Å². The summed E-state index contributed by atoms with van der Waals surface area (Å²) in [7, 11) is -3.62. The first-order chi connectivity index (χ1) is 14.1. The molecule has 2 heterocycles. The van der Waals surface area contributed by atoms with Gasteiger partial charge >= 0.3 is 0 Å². The van der Waals surface area contributed by atoms with Crippen molar-refractivity contribution < 1.29 is 18.3 Å². The molecule has 1 saturated heterocycles. The van der Waals surface area contributed by atoms with Gasteiger partial charge in [-0.15, -0.1) is 0 Å². The Morgan fingerprint density at radius 1 is 1.00 bits per heavy atom. The summed E-state index contributed by atoms with van der Waals surface area (Å²) in [5.41, 5.74) is -0.257. The quantitative estimate of drug-likeness (QED) is 0.288. The molecule has 1 aliphatic carbocycles. The molecule has 0 unspecified atom stereocenters. The van der Waals surface area contributed by atoms with Crippen LogP contribution in [0.4, 0.5) is 0 Å². The van der Waals surface area contributed by atoms with Crippen molar-refractivity contribution >= 4 is 16.6 Å². The molecule has 2 bridgehead atoms. The zero-order chi connectivity index (χ0) is 23.3. The Bertz CT molecular complexity index is 676. The molecular weight excluding hydrogens is 420 g/mol. The fraction of sp³-hybridized carbons (Fsp3) is 0.920. The standard InChI is InChI=1S/C25H48O4Si2/c1-22(2,3)30(7,8)27-17-12-14-24-19-21-26-18-16-25(24,28-21)15-11-13-20(24)29-31(9,10)23(4,5)6/h16,18,20-21H,11-15,17,19H2,1-10H3/t20-,21+,24+,25+/m0/s1. The molecule has 0 radical (unpaired) electrons. The van der Waals surface area contributed by atoms with Gasteiger partial charge in [0.1, 0.15) is 5.60 Å². The Kier molecular flexibility index (Phi) is 6.79. The Morgan fingerprint density at radius 2 is 1.65 bits per heavy atom. The SMILES string of the molecule is CC(C)(C)[Si](C)(C)OCCC[C@]12C[C@@H]3OC=C[C@@]1(CCC[C@@H]2O[Si](C)(C)C(C)(C)C)O3. The maximum Gasteiger partial charge on any atom is 0.200 e. The number of hydrogen-bond acceptors (Lipinski definition) is 4. The molecule has 4 nitrogen and oxygen atoms in total. The Balaban J connectivity index is 1.81. The van der Waals surface area contributed by atoms with Crippen molar-refractivity contribution in [3.63, 3.8) is 0 Å². The van der Waals surface area contributed by atoms with Crippen LogP contribution in [-0.2, 0) is 18.3 Å². The third-order valence-corrected chi connectivity index (χ3v) is 18.2. The first-order valence-electron chi connectivity index (χ1n) is 12.4. The van der Waals surface area contributed by atoms with E-state index < -0.39 is 16.6 Å². The molecule has 2 aliphatic heterocycles. The van der Waals surface area contributed by atoms with E-state index in [0.717, 1.165) is 45.1 Å². The van der Waals surface area contributed by atoms with Crippen molar-refractivity contribution in [2.75, 3.05) is 6.61 Å². The van der Waals surface area contributed by atoms with E-state index >= 15 is 0 Å². The lowest BCUT2D eigenvalue weighted by atomic mass is 9.59. The Morgan fingerprint density at radius 3 is 2.26 bits per heavy atom. The lowest BCUT2D eigenvalue weighted by Gasteiger charge is -2.54. The van der Waals surface area contributed by atoms with Gasteiger partial charge < -0.3 is 18.3 Å². The van der Waals surface area contributed by atoms with Crippen molar-refractivity contribution in [1.82, 2.24) is 0 Å². The predicted octanol–water partition coefficient (Wildman–Crippen LogP) is 7.38. The minimum Gasteiger partial charge on any atom is -0.473 e. The summed E-state index contributed by atoms with van der Waals surface area (Å²) >= 11 is 0. The number of ether oxygens (including phenoxy) is 2. The highest BCUT2D eigenvalue weighted by atomic mass is 28.4. The molecule has 6 heteroatoms. The van der Waals surface area contributed by atoms with E-state index in [0.29, 0.717) is 0 Å². The molecule has 0 aromatic rings. The van der Waals surface area contributed by atoms with Crippen LogP contribution >= 0.6 is 0 Å². The summed E-state index contributed by atoms with van der Waals surface area (Å²) in [5, 5.41) is 0.444. The maximum absolute atomic E-state index is 7.15. The van der Waals surface area contributed by atoms with Gasteiger partial charge in [0.15, 0.2) is 16.6 Å². The second kappa shape index (κ2) is 8.26. The molecule has 0 N–H and O–H groups in total. The first-order valence-corrected chi connectivity index (χ1v) is 18.2. The van der Waals surface area contributed by atoms with Gasteiger partial charge in [0, 0.05) is 18.4 Å². The number of rotatable bonds is 7. The van der Waals surface area contributed by atoms with E-state index in [2.05, 4.69) is 73.8 Å². The summed E-state index contributed by atoms with van der Waals surface area (Å²) in [6.45, 7) is 24.2. The van der Waals surface area contributed by atoms with E-state index in [9.17, 15) is 0 Å². The van der Waals surface area contributed by atoms with E-state index in [1.165, 1.54) is 0 Å². The molecule has 3 rings (SSSR count). The van der Waals surface area contributed by atoms with Gasteiger partial charge in [-0.25, -0.2) is 0 Å². The molecular formula is C25H48O4Si2. The highest BCUT2D eigenvalue weighted by Crippen LogP contribution is 2.62. The van der Waals surface area contributed by atoms with Crippen molar-refractivity contribution in [2.45, 2.75) is 134 Å². The van der Waals surface area contributed by atoms with Crippen LogP contribution in [0.15, 0.2) is 12.3 Å². The largest absolute Gasteiger partial charge is 0.473 e. The topological polar surface area (TPSA) is 36.9 Å². The maximum atomic E-state index is 7.15. The fourth-order valence-corrected chi connectivity index (χ4v) is 7.61. The van der Waals surface area contributed by atoms with Crippen LogP contribution in [0.5, 0.6) is 0 Å². The molecule has 4 atom stereocenters. The van der Waals surface area contributed by atoms with Crippen LogP contribution in [0.2, 0.25) is 36.3 Å². The molecule has 0 aromatic heterocycles. The second-order valence-corrected chi connectivity index (χ2v) is 22.8. The van der Waals surface area contributed by atoms with Crippen LogP contribution in [0, 0.1) is 5.41 Å². The summed E-state index contributed by atoms with van der Waals surface area (Å²) in [5.74, 6) is 0. The third kappa shape index (κ3) is 4.61. The minimum absolute atomic E-state index is 0.0186. The number of hydrogen-bond donors (Lipinski definition) is 0. The van der Waals surface area contributed by atoms with Gasteiger partial charge in [0.05, 0.1) is 12.4 Å². The van der Waals surface area contributed by atoms with Gasteiger partial charge in [-0.05, 0) is 74.4 Å². The van der Waals surface area contributed by atoms with Crippen LogP contribution in [0.25, 0.3) is 0 Å². The van der Waals surface area contributed by atoms with Crippen LogP contribution in [0.3, 0.4) is 0 Å². The monoisotopic (exact) mass is 468 g/mol. The molecule has 31 heavy (non-hydrogen) atoms. The lowest BCUT2D eigenvalue weighted by molar-refractivity contribution is -0.177. The third-order valence-electron chi connectivity index (χ3n) is 9.19. The number of fused-ring (bicyclic) bond motifs is 1. The lowest BCUT2D eigenvalue weighted by Crippen LogP contribution is -2.58. The predicted molar refractivity (Wildman–Crippen MR) is 133 cm³/mol. The minimum atomic E-state index is -1.89. The van der Waals surface area contributed by atoms with E-state index in [1.54, 1.807) is 0 Å². The van der Waals surface area contributed by atoms with Crippen LogP contribution in [0.1, 0.15) is 80.1 Å².